The van der Waals surface area contributed by atoms with Crippen LogP contribution in [0.3, 0.4) is 0 Å². The fourth-order valence-corrected chi connectivity index (χ4v) is 1.78. The summed E-state index contributed by atoms with van der Waals surface area (Å²) in [6.07, 6.45) is 8.52. The molecule has 0 atom stereocenters. The summed E-state index contributed by atoms with van der Waals surface area (Å²) in [4.78, 5) is 4.56. The summed E-state index contributed by atoms with van der Waals surface area (Å²) in [6, 6.07) is 1.95. The van der Waals surface area contributed by atoms with Gasteiger partial charge in [0.15, 0.2) is 5.96 Å². The lowest BCUT2D eigenvalue weighted by molar-refractivity contribution is 0.583. The number of nitrogens with one attached hydrogen (secondary N) is 2. The van der Waals surface area contributed by atoms with Crippen molar-refractivity contribution in [3.63, 3.8) is 0 Å². The molecule has 1 aromatic rings. The van der Waals surface area contributed by atoms with Crippen molar-refractivity contribution in [2.45, 2.75) is 46.1 Å². The summed E-state index contributed by atoms with van der Waals surface area (Å²) in [7, 11) is 0. The molecule has 2 N–H and O–H groups in total. The van der Waals surface area contributed by atoms with Crippen LogP contribution in [0.2, 0.25) is 0 Å². The number of unbranched alkanes of at least 4 members (excludes halogenated alkanes) is 2. The third-order valence-electron chi connectivity index (χ3n) is 2.79. The summed E-state index contributed by atoms with van der Waals surface area (Å²) in [5, 5.41) is 10.8. The predicted octanol–water partition coefficient (Wildman–Crippen LogP) is 2.64. The molecular weight excluding hydrogens is 365 g/mol. The van der Waals surface area contributed by atoms with E-state index >= 15 is 0 Å². The van der Waals surface area contributed by atoms with E-state index in [2.05, 4.69) is 34.6 Å². The Kier molecular flexibility index (Phi) is 12.7. The molecule has 0 saturated carbocycles. The monoisotopic (exact) mass is 393 g/mol. The van der Waals surface area contributed by atoms with Crippen LogP contribution in [-0.4, -0.2) is 35.4 Å². The number of nitrogens with zero attached hydrogens (tertiary/aromatic N) is 3. The topological polar surface area (TPSA) is 54.2 Å². The number of aromatic nitrogens is 2. The molecule has 0 aliphatic rings. The number of aryl methyl sites for hydroxylation is 1. The van der Waals surface area contributed by atoms with Crippen molar-refractivity contribution in [2.75, 3.05) is 19.6 Å². The van der Waals surface area contributed by atoms with Gasteiger partial charge in [-0.15, -0.1) is 24.0 Å². The maximum Gasteiger partial charge on any atom is 0.191 e. The zero-order valence-corrected chi connectivity index (χ0v) is 15.0. The lowest BCUT2D eigenvalue weighted by Crippen LogP contribution is -2.37. The van der Waals surface area contributed by atoms with Gasteiger partial charge < -0.3 is 10.6 Å². The van der Waals surface area contributed by atoms with E-state index < -0.39 is 0 Å². The van der Waals surface area contributed by atoms with E-state index in [4.69, 9.17) is 0 Å². The molecule has 0 fully saturated rings. The fourth-order valence-electron chi connectivity index (χ4n) is 1.78. The molecule has 0 unspecified atom stereocenters. The van der Waals surface area contributed by atoms with Gasteiger partial charge in [0, 0.05) is 38.6 Å². The summed E-state index contributed by atoms with van der Waals surface area (Å²) in [6.45, 7) is 7.95. The third kappa shape index (κ3) is 9.17. The molecule has 0 spiro atoms. The fraction of sp³-hybridized carbons (Fsp3) is 0.714. The van der Waals surface area contributed by atoms with Gasteiger partial charge in [-0.1, -0.05) is 19.8 Å². The first-order valence-electron chi connectivity index (χ1n) is 7.36. The van der Waals surface area contributed by atoms with Crippen molar-refractivity contribution < 1.29 is 0 Å². The Morgan fingerprint density at radius 3 is 2.70 bits per heavy atom. The second-order valence-electron chi connectivity index (χ2n) is 4.52. The summed E-state index contributed by atoms with van der Waals surface area (Å²) < 4.78 is 1.94. The highest BCUT2D eigenvalue weighted by molar-refractivity contribution is 14.0. The van der Waals surface area contributed by atoms with Crippen LogP contribution in [0.15, 0.2) is 23.5 Å². The van der Waals surface area contributed by atoms with E-state index in [1.807, 2.05) is 23.1 Å². The standard InChI is InChI=1S/C14H27N5.HI/c1-3-5-6-9-16-14(15-4-2)17-10-7-12-19-13-8-11-18-19;/h8,11,13H,3-7,9-10,12H2,1-2H3,(H2,15,16,17);1H. The maximum absolute atomic E-state index is 4.56. The summed E-state index contributed by atoms with van der Waals surface area (Å²) in [5.74, 6) is 0.930. The number of aliphatic imine (C=N–C) groups is 1. The molecule has 5 nitrogen and oxygen atoms in total. The first-order valence-corrected chi connectivity index (χ1v) is 7.36. The average Bonchev–Trinajstić information content (AvgIpc) is 2.92. The van der Waals surface area contributed by atoms with Crippen LogP contribution >= 0.6 is 24.0 Å². The van der Waals surface area contributed by atoms with Crippen LogP contribution in [0.4, 0.5) is 0 Å². The highest BCUT2D eigenvalue weighted by atomic mass is 127. The van der Waals surface area contributed by atoms with Crippen LogP contribution in [0, 0.1) is 0 Å². The molecule has 1 rings (SSSR count). The van der Waals surface area contributed by atoms with Crippen molar-refractivity contribution in [2.24, 2.45) is 4.99 Å². The maximum atomic E-state index is 4.56. The molecule has 20 heavy (non-hydrogen) atoms. The van der Waals surface area contributed by atoms with Crippen molar-refractivity contribution >= 4 is 29.9 Å². The Labute approximate surface area is 139 Å². The van der Waals surface area contributed by atoms with Crippen LogP contribution < -0.4 is 10.6 Å². The van der Waals surface area contributed by atoms with Crippen molar-refractivity contribution in [3.05, 3.63) is 18.5 Å². The van der Waals surface area contributed by atoms with E-state index in [-0.39, 0.29) is 24.0 Å². The molecule has 0 amide bonds. The summed E-state index contributed by atoms with van der Waals surface area (Å²) in [5.41, 5.74) is 0. The Bertz CT molecular complexity index is 337. The Morgan fingerprint density at radius 1 is 1.20 bits per heavy atom. The molecule has 116 valence electrons. The van der Waals surface area contributed by atoms with Crippen LogP contribution in [-0.2, 0) is 6.54 Å². The molecule has 0 saturated heterocycles. The van der Waals surface area contributed by atoms with Gasteiger partial charge in [-0.3, -0.25) is 9.67 Å². The Balaban J connectivity index is 0.00000361. The zero-order chi connectivity index (χ0) is 13.8. The van der Waals surface area contributed by atoms with Crippen molar-refractivity contribution in [1.82, 2.24) is 20.4 Å². The van der Waals surface area contributed by atoms with Gasteiger partial charge in [0.05, 0.1) is 0 Å². The largest absolute Gasteiger partial charge is 0.357 e. The minimum absolute atomic E-state index is 0. The Morgan fingerprint density at radius 2 is 2.05 bits per heavy atom. The lowest BCUT2D eigenvalue weighted by atomic mass is 10.2. The highest BCUT2D eigenvalue weighted by Crippen LogP contribution is 1.92. The molecular formula is C14H28IN5. The van der Waals surface area contributed by atoms with E-state index in [0.717, 1.165) is 38.6 Å². The van der Waals surface area contributed by atoms with Gasteiger partial charge in [-0.25, -0.2) is 0 Å². The molecule has 6 heteroatoms. The normalized spacial score (nSPS) is 11.0. The highest BCUT2D eigenvalue weighted by Gasteiger charge is 1.96. The van der Waals surface area contributed by atoms with Gasteiger partial charge in [-0.2, -0.15) is 5.10 Å². The van der Waals surface area contributed by atoms with Crippen molar-refractivity contribution in [3.8, 4) is 0 Å². The number of hydrogen-bond donors (Lipinski definition) is 2. The smallest absolute Gasteiger partial charge is 0.191 e. The minimum Gasteiger partial charge on any atom is -0.357 e. The molecule has 0 bridgehead atoms. The van der Waals surface area contributed by atoms with Crippen LogP contribution in [0.1, 0.15) is 39.5 Å². The van der Waals surface area contributed by atoms with E-state index in [1.165, 1.54) is 19.3 Å². The van der Waals surface area contributed by atoms with E-state index in [1.54, 1.807) is 0 Å². The molecule has 0 radical (unpaired) electrons. The van der Waals surface area contributed by atoms with Gasteiger partial charge in [-0.05, 0) is 25.8 Å². The SMILES string of the molecule is CCCCCNC(=NCCCn1cccn1)NCC.I. The van der Waals surface area contributed by atoms with Gasteiger partial charge in [0.25, 0.3) is 0 Å². The second-order valence-corrected chi connectivity index (χ2v) is 4.52. The minimum atomic E-state index is 0. The number of rotatable bonds is 9. The Hall–Kier alpha value is -0.790. The van der Waals surface area contributed by atoms with Crippen LogP contribution in [0.5, 0.6) is 0 Å². The average molecular weight is 393 g/mol. The van der Waals surface area contributed by atoms with E-state index in [9.17, 15) is 0 Å². The number of guanidine groups is 1. The molecule has 0 aliphatic carbocycles. The molecule has 1 heterocycles. The first kappa shape index (κ1) is 19.2. The molecule has 1 aromatic heterocycles. The zero-order valence-electron chi connectivity index (χ0n) is 12.6. The predicted molar refractivity (Wildman–Crippen MR) is 95.8 cm³/mol. The first-order chi connectivity index (χ1) is 9.36. The number of hydrogen-bond acceptors (Lipinski definition) is 2. The lowest BCUT2D eigenvalue weighted by Gasteiger charge is -2.10. The molecule has 0 aromatic carbocycles. The van der Waals surface area contributed by atoms with Gasteiger partial charge in [0.1, 0.15) is 0 Å². The van der Waals surface area contributed by atoms with Crippen molar-refractivity contribution in [1.29, 1.82) is 0 Å². The second kappa shape index (κ2) is 13.2. The number of halogens is 1. The third-order valence-corrected chi connectivity index (χ3v) is 2.79. The van der Waals surface area contributed by atoms with Crippen LogP contribution in [0.25, 0.3) is 0 Å². The quantitative estimate of drug-likeness (QED) is 0.294. The van der Waals surface area contributed by atoms with E-state index in [0.29, 0.717) is 0 Å². The molecule has 0 aliphatic heterocycles. The van der Waals surface area contributed by atoms with Gasteiger partial charge >= 0.3 is 0 Å². The summed E-state index contributed by atoms with van der Waals surface area (Å²) >= 11 is 0. The van der Waals surface area contributed by atoms with Gasteiger partial charge in [0.2, 0.25) is 0 Å².